The van der Waals surface area contributed by atoms with E-state index in [0.29, 0.717) is 37.9 Å². The molecule has 0 amide bonds. The lowest BCUT2D eigenvalue weighted by Crippen LogP contribution is -2.40. The standard InChI is InChI=1S/C27H28N2O6S/c1-15(2)35-26(31)23-16(3)28-27-29(24(23)18-8-10-19(32-4)11-9-18)25(30)22(36-27)14-17-7-12-20(33-5)21(13-17)34-6/h7-15,24H,1-6H3/b22-14+/t24-/m1/s1. The number of aromatic nitrogens is 1. The van der Waals surface area contributed by atoms with Crippen LogP contribution in [0.25, 0.3) is 6.08 Å². The van der Waals surface area contributed by atoms with Gasteiger partial charge in [-0.15, -0.1) is 0 Å². The van der Waals surface area contributed by atoms with Crippen molar-refractivity contribution < 1.29 is 23.7 Å². The normalized spacial score (nSPS) is 15.4. The summed E-state index contributed by atoms with van der Waals surface area (Å²) in [4.78, 5) is 32.0. The van der Waals surface area contributed by atoms with Gasteiger partial charge in [-0.3, -0.25) is 9.36 Å². The van der Waals surface area contributed by atoms with Gasteiger partial charge < -0.3 is 18.9 Å². The molecule has 0 bridgehead atoms. The Bertz CT molecular complexity index is 1500. The molecule has 0 saturated carbocycles. The van der Waals surface area contributed by atoms with Crippen molar-refractivity contribution in [3.8, 4) is 17.2 Å². The summed E-state index contributed by atoms with van der Waals surface area (Å²) in [6.45, 7) is 5.34. The van der Waals surface area contributed by atoms with E-state index in [2.05, 4.69) is 4.99 Å². The summed E-state index contributed by atoms with van der Waals surface area (Å²) in [5.41, 5.74) is 2.12. The summed E-state index contributed by atoms with van der Waals surface area (Å²) in [5, 5.41) is 0. The third kappa shape index (κ3) is 4.79. The summed E-state index contributed by atoms with van der Waals surface area (Å²) >= 11 is 1.26. The lowest BCUT2D eigenvalue weighted by molar-refractivity contribution is -0.143. The summed E-state index contributed by atoms with van der Waals surface area (Å²) in [7, 11) is 4.71. The van der Waals surface area contributed by atoms with Crippen LogP contribution < -0.4 is 29.1 Å². The second-order valence-electron chi connectivity index (χ2n) is 8.42. The minimum Gasteiger partial charge on any atom is -0.497 e. The molecule has 2 aromatic carbocycles. The molecule has 1 aliphatic heterocycles. The van der Waals surface area contributed by atoms with Crippen LogP contribution in [0.15, 0.2) is 63.5 Å². The number of carbonyl (C=O) groups is 1. The molecule has 4 rings (SSSR count). The summed E-state index contributed by atoms with van der Waals surface area (Å²) in [5.74, 6) is 1.33. The number of carbonyl (C=O) groups excluding carboxylic acids is 1. The van der Waals surface area contributed by atoms with E-state index in [-0.39, 0.29) is 11.7 Å². The van der Waals surface area contributed by atoms with Crippen LogP contribution in [0.2, 0.25) is 0 Å². The van der Waals surface area contributed by atoms with Crippen LogP contribution in [-0.2, 0) is 9.53 Å². The van der Waals surface area contributed by atoms with Gasteiger partial charge >= 0.3 is 5.97 Å². The average Bonchev–Trinajstić information content (AvgIpc) is 3.16. The molecule has 0 saturated heterocycles. The predicted octanol–water partition coefficient (Wildman–Crippen LogP) is 3.21. The maximum atomic E-state index is 13.7. The summed E-state index contributed by atoms with van der Waals surface area (Å²) in [6.07, 6.45) is 1.46. The fraction of sp³-hybridized carbons (Fsp3) is 0.296. The van der Waals surface area contributed by atoms with Gasteiger partial charge in [0, 0.05) is 0 Å². The highest BCUT2D eigenvalue weighted by Gasteiger charge is 2.33. The third-order valence-corrected chi connectivity index (χ3v) is 6.70. The average molecular weight is 509 g/mol. The fourth-order valence-corrected chi connectivity index (χ4v) is 5.10. The van der Waals surface area contributed by atoms with Crippen molar-refractivity contribution in [1.29, 1.82) is 0 Å². The van der Waals surface area contributed by atoms with Crippen molar-refractivity contribution in [2.24, 2.45) is 4.99 Å². The van der Waals surface area contributed by atoms with Gasteiger partial charge in [0.15, 0.2) is 16.3 Å². The lowest BCUT2D eigenvalue weighted by atomic mass is 9.96. The van der Waals surface area contributed by atoms with Crippen molar-refractivity contribution in [3.63, 3.8) is 0 Å². The maximum Gasteiger partial charge on any atom is 0.338 e. The van der Waals surface area contributed by atoms with Crippen LogP contribution in [0.4, 0.5) is 0 Å². The van der Waals surface area contributed by atoms with Gasteiger partial charge in [-0.2, -0.15) is 0 Å². The molecule has 1 aliphatic rings. The first-order chi connectivity index (χ1) is 17.3. The molecule has 188 valence electrons. The molecule has 9 heteroatoms. The van der Waals surface area contributed by atoms with E-state index in [0.717, 1.165) is 11.1 Å². The number of hydrogen-bond donors (Lipinski definition) is 0. The number of allylic oxidation sites excluding steroid dienone is 1. The van der Waals surface area contributed by atoms with Crippen LogP contribution in [0.5, 0.6) is 17.2 Å². The first-order valence-corrected chi connectivity index (χ1v) is 12.2. The minimum absolute atomic E-state index is 0.253. The maximum absolute atomic E-state index is 13.7. The molecule has 36 heavy (non-hydrogen) atoms. The monoisotopic (exact) mass is 508 g/mol. The zero-order valence-corrected chi connectivity index (χ0v) is 21.8. The molecule has 8 nitrogen and oxygen atoms in total. The zero-order chi connectivity index (χ0) is 26.0. The molecule has 0 N–H and O–H groups in total. The number of esters is 1. The van der Waals surface area contributed by atoms with Gasteiger partial charge in [0.2, 0.25) is 0 Å². The highest BCUT2D eigenvalue weighted by Crippen LogP contribution is 2.32. The van der Waals surface area contributed by atoms with E-state index >= 15 is 0 Å². The summed E-state index contributed by atoms with van der Waals surface area (Å²) in [6, 6.07) is 12.0. The van der Waals surface area contributed by atoms with E-state index in [9.17, 15) is 9.59 Å². The van der Waals surface area contributed by atoms with Crippen LogP contribution in [0.1, 0.15) is 37.9 Å². The van der Waals surface area contributed by atoms with Crippen LogP contribution in [0, 0.1) is 0 Å². The van der Waals surface area contributed by atoms with Crippen LogP contribution >= 0.6 is 11.3 Å². The Morgan fingerprint density at radius 1 is 1.03 bits per heavy atom. The van der Waals surface area contributed by atoms with E-state index in [1.165, 1.54) is 11.3 Å². The second-order valence-corrected chi connectivity index (χ2v) is 9.43. The molecule has 0 fully saturated rings. The van der Waals surface area contributed by atoms with Crippen molar-refractivity contribution >= 4 is 23.4 Å². The van der Waals surface area contributed by atoms with Crippen LogP contribution in [0.3, 0.4) is 0 Å². The van der Waals surface area contributed by atoms with Crippen LogP contribution in [-0.4, -0.2) is 38.0 Å². The van der Waals surface area contributed by atoms with Gasteiger partial charge in [-0.1, -0.05) is 29.5 Å². The highest BCUT2D eigenvalue weighted by molar-refractivity contribution is 7.07. The fourth-order valence-electron chi connectivity index (χ4n) is 4.06. The smallest absolute Gasteiger partial charge is 0.338 e. The molecule has 0 spiro atoms. The Morgan fingerprint density at radius 2 is 1.72 bits per heavy atom. The molecule has 1 aromatic heterocycles. The van der Waals surface area contributed by atoms with E-state index in [4.69, 9.17) is 18.9 Å². The second kappa shape index (κ2) is 10.4. The van der Waals surface area contributed by atoms with Gasteiger partial charge in [-0.25, -0.2) is 9.79 Å². The molecule has 2 heterocycles. The van der Waals surface area contributed by atoms with E-state index in [1.54, 1.807) is 77.0 Å². The highest BCUT2D eigenvalue weighted by atomic mass is 32.1. The van der Waals surface area contributed by atoms with Crippen molar-refractivity contribution in [2.45, 2.75) is 32.9 Å². The SMILES string of the molecule is COc1ccc([C@@H]2C(C(=O)OC(C)C)=C(C)N=c3s/c(=C/c4ccc(OC)c(OC)c4)c(=O)n32)cc1. The van der Waals surface area contributed by atoms with Crippen molar-refractivity contribution in [1.82, 2.24) is 4.57 Å². The number of methoxy groups -OCH3 is 3. The van der Waals surface area contributed by atoms with Gasteiger partial charge in [0.1, 0.15) is 5.75 Å². The molecule has 0 radical (unpaired) electrons. The quantitative estimate of drug-likeness (QED) is 0.456. The summed E-state index contributed by atoms with van der Waals surface area (Å²) < 4.78 is 23.6. The number of rotatable bonds is 7. The lowest BCUT2D eigenvalue weighted by Gasteiger charge is -2.25. The first kappa shape index (κ1) is 25.2. The molecule has 3 aromatic rings. The Morgan fingerprint density at radius 3 is 2.33 bits per heavy atom. The Labute approximate surface area is 212 Å². The topological polar surface area (TPSA) is 88.4 Å². The molecule has 0 aliphatic carbocycles. The van der Waals surface area contributed by atoms with Gasteiger partial charge in [0.25, 0.3) is 5.56 Å². The minimum atomic E-state index is -0.689. The third-order valence-electron chi connectivity index (χ3n) is 5.72. The molecule has 1 atom stereocenters. The van der Waals surface area contributed by atoms with Gasteiger partial charge in [0.05, 0.1) is 49.3 Å². The number of hydrogen-bond acceptors (Lipinski definition) is 8. The van der Waals surface area contributed by atoms with E-state index < -0.39 is 12.0 Å². The molecule has 0 unspecified atom stereocenters. The first-order valence-electron chi connectivity index (χ1n) is 11.4. The number of nitrogens with zero attached hydrogens (tertiary/aromatic N) is 2. The van der Waals surface area contributed by atoms with Crippen molar-refractivity contribution in [3.05, 3.63) is 84.5 Å². The van der Waals surface area contributed by atoms with Crippen molar-refractivity contribution in [2.75, 3.05) is 21.3 Å². The number of thiazole rings is 1. The predicted molar refractivity (Wildman–Crippen MR) is 138 cm³/mol. The van der Waals surface area contributed by atoms with E-state index in [1.807, 2.05) is 18.2 Å². The largest absolute Gasteiger partial charge is 0.497 e. The molecular weight excluding hydrogens is 480 g/mol. The number of ether oxygens (including phenoxy) is 4. The Balaban J connectivity index is 1.91. The number of fused-ring (bicyclic) bond motifs is 1. The number of benzene rings is 2. The zero-order valence-electron chi connectivity index (χ0n) is 21.0. The van der Waals surface area contributed by atoms with Gasteiger partial charge in [-0.05, 0) is 62.2 Å². The Kier molecular flexibility index (Phi) is 7.30. The molecular formula is C27H28N2O6S. The Hall–Kier alpha value is -3.85.